The Balaban J connectivity index is 1.83. The minimum absolute atomic E-state index is 0.0526. The SMILES string of the molecule is Cc1ccc(S(=O)(=O)O[C@@H]2CC3CC(C3(C)C)[C@@]2(C)O)cc1. The van der Waals surface area contributed by atoms with Crippen LogP contribution in [0, 0.1) is 24.2 Å². The molecular weight excluding hydrogens is 300 g/mol. The first-order chi connectivity index (χ1) is 10.0. The van der Waals surface area contributed by atoms with Crippen LogP contribution in [0.5, 0.6) is 0 Å². The van der Waals surface area contributed by atoms with Gasteiger partial charge in [0.1, 0.15) is 6.10 Å². The van der Waals surface area contributed by atoms with E-state index < -0.39 is 21.8 Å². The van der Waals surface area contributed by atoms with Crippen LogP contribution in [0.2, 0.25) is 0 Å². The fourth-order valence-corrected chi connectivity index (χ4v) is 5.34. The van der Waals surface area contributed by atoms with Gasteiger partial charge in [0.25, 0.3) is 10.1 Å². The standard InChI is InChI=1S/C17H24O4S/c1-11-5-7-13(8-6-11)22(19,20)21-15-10-12-9-14(16(12,2)3)17(15,4)18/h5-8,12,14-15,18H,9-10H2,1-4H3/t12?,14?,15-,17-/m1/s1. The molecule has 4 atom stereocenters. The number of rotatable bonds is 3. The van der Waals surface area contributed by atoms with E-state index in [4.69, 9.17) is 4.18 Å². The molecule has 3 saturated carbocycles. The average molecular weight is 324 g/mol. The predicted octanol–water partition coefficient (Wildman–Crippen LogP) is 2.89. The molecule has 4 rings (SSSR count). The van der Waals surface area contributed by atoms with Crippen molar-refractivity contribution in [3.05, 3.63) is 29.8 Å². The highest BCUT2D eigenvalue weighted by Crippen LogP contribution is 2.63. The van der Waals surface area contributed by atoms with E-state index in [1.807, 2.05) is 6.92 Å². The molecule has 0 amide bonds. The van der Waals surface area contributed by atoms with E-state index in [2.05, 4.69) is 13.8 Å². The Morgan fingerprint density at radius 1 is 1.14 bits per heavy atom. The summed E-state index contributed by atoms with van der Waals surface area (Å²) in [7, 11) is -3.85. The van der Waals surface area contributed by atoms with Crippen LogP contribution in [-0.4, -0.2) is 25.2 Å². The molecule has 1 aromatic rings. The zero-order chi connectivity index (χ0) is 16.3. The Morgan fingerprint density at radius 2 is 1.73 bits per heavy atom. The molecule has 1 aromatic carbocycles. The molecule has 122 valence electrons. The highest BCUT2D eigenvalue weighted by atomic mass is 32.2. The maximum Gasteiger partial charge on any atom is 0.297 e. The number of aryl methyl sites for hydroxylation is 1. The Labute approximate surface area is 132 Å². The van der Waals surface area contributed by atoms with Crippen molar-refractivity contribution in [3.63, 3.8) is 0 Å². The average Bonchev–Trinajstić information content (AvgIpc) is 2.40. The normalized spacial score (nSPS) is 36.7. The lowest BCUT2D eigenvalue weighted by molar-refractivity contribution is -0.237. The molecule has 5 heteroatoms. The van der Waals surface area contributed by atoms with E-state index in [0.717, 1.165) is 12.0 Å². The molecule has 3 fully saturated rings. The fourth-order valence-electron chi connectivity index (χ4n) is 4.18. The highest BCUT2D eigenvalue weighted by Gasteiger charge is 2.64. The van der Waals surface area contributed by atoms with Crippen molar-refractivity contribution >= 4 is 10.1 Å². The van der Waals surface area contributed by atoms with Gasteiger partial charge in [0.05, 0.1) is 10.5 Å². The lowest BCUT2D eigenvalue weighted by atomic mass is 9.43. The zero-order valence-electron chi connectivity index (χ0n) is 13.5. The van der Waals surface area contributed by atoms with Gasteiger partial charge in [-0.05, 0) is 56.1 Å². The van der Waals surface area contributed by atoms with Gasteiger partial charge in [0, 0.05) is 0 Å². The molecule has 2 bridgehead atoms. The molecule has 0 spiro atoms. The second-order valence-corrected chi connectivity index (χ2v) is 9.19. The molecule has 0 saturated heterocycles. The summed E-state index contributed by atoms with van der Waals surface area (Å²) in [6, 6.07) is 6.59. The summed E-state index contributed by atoms with van der Waals surface area (Å²) in [4.78, 5) is 0.146. The summed E-state index contributed by atoms with van der Waals surface area (Å²) in [6.45, 7) is 7.90. The van der Waals surface area contributed by atoms with Crippen LogP contribution in [0.15, 0.2) is 29.2 Å². The van der Waals surface area contributed by atoms with E-state index in [-0.39, 0.29) is 16.2 Å². The fraction of sp³-hybridized carbons (Fsp3) is 0.647. The van der Waals surface area contributed by atoms with Crippen molar-refractivity contribution in [1.82, 2.24) is 0 Å². The van der Waals surface area contributed by atoms with E-state index in [1.165, 1.54) is 0 Å². The smallest absolute Gasteiger partial charge is 0.297 e. The number of aliphatic hydroxyl groups is 1. The summed E-state index contributed by atoms with van der Waals surface area (Å²) in [5.74, 6) is 0.493. The third kappa shape index (κ3) is 2.30. The van der Waals surface area contributed by atoms with Gasteiger partial charge in [0.2, 0.25) is 0 Å². The largest absolute Gasteiger partial charge is 0.387 e. The van der Waals surface area contributed by atoms with Gasteiger partial charge in [-0.15, -0.1) is 0 Å². The summed E-state index contributed by atoms with van der Waals surface area (Å²) >= 11 is 0. The Morgan fingerprint density at radius 3 is 2.23 bits per heavy atom. The molecule has 3 aliphatic rings. The van der Waals surface area contributed by atoms with Gasteiger partial charge in [-0.3, -0.25) is 4.18 Å². The van der Waals surface area contributed by atoms with Crippen molar-refractivity contribution in [2.45, 2.75) is 57.1 Å². The topological polar surface area (TPSA) is 63.6 Å². The highest BCUT2D eigenvalue weighted by molar-refractivity contribution is 7.86. The third-order valence-electron chi connectivity index (χ3n) is 5.88. The van der Waals surface area contributed by atoms with Gasteiger partial charge in [0.15, 0.2) is 0 Å². The Hall–Kier alpha value is -0.910. The van der Waals surface area contributed by atoms with Crippen LogP contribution in [-0.2, 0) is 14.3 Å². The molecule has 1 N–H and O–H groups in total. The predicted molar refractivity (Wildman–Crippen MR) is 83.9 cm³/mol. The van der Waals surface area contributed by atoms with Crippen LogP contribution in [0.3, 0.4) is 0 Å². The third-order valence-corrected chi connectivity index (χ3v) is 7.21. The van der Waals surface area contributed by atoms with E-state index >= 15 is 0 Å². The first-order valence-corrected chi connectivity index (χ1v) is 9.18. The summed E-state index contributed by atoms with van der Waals surface area (Å²) in [6.07, 6.45) is 0.863. The maximum absolute atomic E-state index is 12.4. The van der Waals surface area contributed by atoms with Crippen LogP contribution in [0.4, 0.5) is 0 Å². The van der Waals surface area contributed by atoms with Crippen molar-refractivity contribution in [3.8, 4) is 0 Å². The molecule has 3 aliphatic carbocycles. The van der Waals surface area contributed by atoms with Crippen LogP contribution < -0.4 is 0 Å². The van der Waals surface area contributed by atoms with E-state index in [1.54, 1.807) is 31.2 Å². The first-order valence-electron chi connectivity index (χ1n) is 7.77. The second-order valence-electron chi connectivity index (χ2n) is 7.62. The molecule has 2 unspecified atom stereocenters. The minimum Gasteiger partial charge on any atom is -0.387 e. The quantitative estimate of drug-likeness (QED) is 0.868. The van der Waals surface area contributed by atoms with Crippen LogP contribution >= 0.6 is 0 Å². The van der Waals surface area contributed by atoms with Crippen LogP contribution in [0.1, 0.15) is 39.2 Å². The number of fused-ring (bicyclic) bond motifs is 2. The molecule has 0 radical (unpaired) electrons. The van der Waals surface area contributed by atoms with Crippen molar-refractivity contribution in [1.29, 1.82) is 0 Å². The molecular formula is C17H24O4S. The lowest BCUT2D eigenvalue weighted by Gasteiger charge is -2.64. The lowest BCUT2D eigenvalue weighted by Crippen LogP contribution is -2.67. The number of hydrogen-bond donors (Lipinski definition) is 1. The Kier molecular flexibility index (Phi) is 3.48. The van der Waals surface area contributed by atoms with Crippen LogP contribution in [0.25, 0.3) is 0 Å². The molecule has 0 heterocycles. The zero-order valence-corrected chi connectivity index (χ0v) is 14.4. The number of hydrogen-bond acceptors (Lipinski definition) is 4. The van der Waals surface area contributed by atoms with Gasteiger partial charge in [-0.2, -0.15) is 8.42 Å². The summed E-state index contributed by atoms with van der Waals surface area (Å²) < 4.78 is 30.3. The van der Waals surface area contributed by atoms with Gasteiger partial charge < -0.3 is 5.11 Å². The van der Waals surface area contributed by atoms with Crippen molar-refractivity contribution < 1.29 is 17.7 Å². The maximum atomic E-state index is 12.4. The summed E-state index contributed by atoms with van der Waals surface area (Å²) in [5, 5.41) is 10.8. The molecule has 22 heavy (non-hydrogen) atoms. The molecule has 0 aliphatic heterocycles. The first kappa shape index (κ1) is 16.0. The Bertz CT molecular complexity index is 673. The van der Waals surface area contributed by atoms with Gasteiger partial charge in [-0.1, -0.05) is 31.5 Å². The minimum atomic E-state index is -3.85. The summed E-state index contributed by atoms with van der Waals surface area (Å²) in [5.41, 5.74) is -0.0703. The van der Waals surface area contributed by atoms with Gasteiger partial charge in [-0.25, -0.2) is 0 Å². The monoisotopic (exact) mass is 324 g/mol. The van der Waals surface area contributed by atoms with E-state index in [9.17, 15) is 13.5 Å². The molecule has 4 nitrogen and oxygen atoms in total. The van der Waals surface area contributed by atoms with Gasteiger partial charge >= 0.3 is 0 Å². The van der Waals surface area contributed by atoms with Crippen molar-refractivity contribution in [2.24, 2.45) is 17.3 Å². The van der Waals surface area contributed by atoms with E-state index in [0.29, 0.717) is 12.3 Å². The molecule has 0 aromatic heterocycles. The number of benzene rings is 1. The second kappa shape index (κ2) is 4.79. The van der Waals surface area contributed by atoms with Crippen molar-refractivity contribution in [2.75, 3.05) is 0 Å².